The molecular formula is C26H22F4N4O4S. The third-order valence-electron chi connectivity index (χ3n) is 6.68. The summed E-state index contributed by atoms with van der Waals surface area (Å²) in [4.78, 5) is 13.1. The van der Waals surface area contributed by atoms with Gasteiger partial charge in [-0.05, 0) is 62.9 Å². The molecule has 1 N–H and O–H groups in total. The van der Waals surface area contributed by atoms with E-state index in [-0.39, 0.29) is 27.5 Å². The summed E-state index contributed by atoms with van der Waals surface area (Å²) < 4.78 is 85.5. The lowest BCUT2D eigenvalue weighted by molar-refractivity contribution is -0.142. The summed E-state index contributed by atoms with van der Waals surface area (Å²) >= 11 is 0. The fourth-order valence-corrected chi connectivity index (χ4v) is 5.00. The second-order valence-electron chi connectivity index (χ2n) is 9.31. The minimum atomic E-state index is -4.95. The van der Waals surface area contributed by atoms with Crippen molar-refractivity contribution in [2.75, 3.05) is 11.6 Å². The molecule has 204 valence electrons. The zero-order chi connectivity index (χ0) is 28.8. The van der Waals surface area contributed by atoms with E-state index in [0.717, 1.165) is 25.7 Å². The fraction of sp³-hybridized carbons (Fsp3) is 0.308. The van der Waals surface area contributed by atoms with E-state index in [0.29, 0.717) is 12.8 Å². The SMILES string of the molecule is Cc1c(Oc2nnc(C(F)(F)F)c(C)c2C(=O)Nc2cccc(S(C)(=O)=O)c2)ccc(C2(C#N)CCC2)c1F. The van der Waals surface area contributed by atoms with E-state index in [1.807, 2.05) is 0 Å². The molecule has 1 aromatic heterocycles. The summed E-state index contributed by atoms with van der Waals surface area (Å²) in [6.45, 7) is 2.38. The summed E-state index contributed by atoms with van der Waals surface area (Å²) in [5.41, 5.74) is -3.45. The number of amides is 1. The molecule has 1 saturated carbocycles. The van der Waals surface area contributed by atoms with Gasteiger partial charge in [0.1, 0.15) is 17.1 Å². The lowest BCUT2D eigenvalue weighted by atomic mass is 9.65. The first-order chi connectivity index (χ1) is 18.2. The molecule has 39 heavy (non-hydrogen) atoms. The van der Waals surface area contributed by atoms with Crippen LogP contribution in [0.3, 0.4) is 0 Å². The van der Waals surface area contributed by atoms with Crippen LogP contribution < -0.4 is 10.1 Å². The van der Waals surface area contributed by atoms with Crippen LogP contribution in [-0.4, -0.2) is 30.8 Å². The van der Waals surface area contributed by atoms with Gasteiger partial charge in [0.2, 0.25) is 0 Å². The molecule has 1 aliphatic carbocycles. The first-order valence-electron chi connectivity index (χ1n) is 11.6. The van der Waals surface area contributed by atoms with Crippen molar-refractivity contribution < 1.29 is 35.5 Å². The Hall–Kier alpha value is -4.05. The molecule has 1 amide bonds. The number of hydrogen-bond donors (Lipinski definition) is 1. The van der Waals surface area contributed by atoms with Crippen molar-refractivity contribution in [1.82, 2.24) is 10.2 Å². The van der Waals surface area contributed by atoms with Crippen LogP contribution in [0.15, 0.2) is 41.3 Å². The highest BCUT2D eigenvalue weighted by molar-refractivity contribution is 7.90. The molecule has 8 nitrogen and oxygen atoms in total. The molecule has 1 heterocycles. The Morgan fingerprint density at radius 1 is 1.13 bits per heavy atom. The highest BCUT2D eigenvalue weighted by Crippen LogP contribution is 2.46. The second kappa shape index (κ2) is 9.92. The number of aromatic nitrogens is 2. The number of nitrogens with one attached hydrogen (secondary N) is 1. The van der Waals surface area contributed by atoms with Crippen molar-refractivity contribution in [3.8, 4) is 17.7 Å². The lowest BCUT2D eigenvalue weighted by Gasteiger charge is -2.36. The van der Waals surface area contributed by atoms with Gasteiger partial charge >= 0.3 is 6.18 Å². The topological polar surface area (TPSA) is 122 Å². The molecule has 0 spiro atoms. The van der Waals surface area contributed by atoms with Crippen molar-refractivity contribution in [1.29, 1.82) is 5.26 Å². The minimum absolute atomic E-state index is 0.00692. The number of hydrogen-bond acceptors (Lipinski definition) is 7. The van der Waals surface area contributed by atoms with Crippen molar-refractivity contribution in [3.63, 3.8) is 0 Å². The molecule has 3 aromatic rings. The van der Waals surface area contributed by atoms with Crippen molar-refractivity contribution >= 4 is 21.4 Å². The van der Waals surface area contributed by atoms with Gasteiger partial charge in [-0.2, -0.15) is 18.4 Å². The number of nitrogens with zero attached hydrogens (tertiary/aromatic N) is 3. The van der Waals surface area contributed by atoms with Gasteiger partial charge in [-0.1, -0.05) is 12.1 Å². The largest absolute Gasteiger partial charge is 0.437 e. The predicted octanol–water partition coefficient (Wildman–Crippen LogP) is 5.64. The van der Waals surface area contributed by atoms with Gasteiger partial charge in [-0.25, -0.2) is 12.8 Å². The number of sulfone groups is 1. The number of ether oxygens (including phenoxy) is 1. The third-order valence-corrected chi connectivity index (χ3v) is 7.79. The highest BCUT2D eigenvalue weighted by Gasteiger charge is 2.42. The molecule has 2 aromatic carbocycles. The van der Waals surface area contributed by atoms with Crippen LogP contribution in [-0.2, 0) is 21.4 Å². The average molecular weight is 563 g/mol. The molecule has 0 aliphatic heterocycles. The van der Waals surface area contributed by atoms with Crippen LogP contribution in [0.25, 0.3) is 0 Å². The number of carbonyl (C=O) groups excluding carboxylic acids is 1. The smallest absolute Gasteiger partial charge is 0.435 e. The number of benzene rings is 2. The normalized spacial score (nSPS) is 14.7. The van der Waals surface area contributed by atoms with Gasteiger partial charge in [-0.3, -0.25) is 4.79 Å². The second-order valence-corrected chi connectivity index (χ2v) is 11.3. The number of carbonyl (C=O) groups is 1. The molecule has 1 aliphatic rings. The summed E-state index contributed by atoms with van der Waals surface area (Å²) in [6.07, 6.45) is -2.22. The van der Waals surface area contributed by atoms with Crippen LogP contribution in [0.2, 0.25) is 0 Å². The summed E-state index contributed by atoms with van der Waals surface area (Å²) in [6, 6.07) is 10.0. The van der Waals surface area contributed by atoms with Gasteiger partial charge in [0.15, 0.2) is 15.5 Å². The highest BCUT2D eigenvalue weighted by atomic mass is 32.2. The monoisotopic (exact) mass is 562 g/mol. The molecule has 0 radical (unpaired) electrons. The minimum Gasteiger partial charge on any atom is -0.437 e. The first-order valence-corrected chi connectivity index (χ1v) is 13.5. The van der Waals surface area contributed by atoms with E-state index in [9.17, 15) is 31.6 Å². The average Bonchev–Trinajstić information content (AvgIpc) is 2.81. The van der Waals surface area contributed by atoms with Crippen LogP contribution >= 0.6 is 0 Å². The Balaban J connectivity index is 1.76. The van der Waals surface area contributed by atoms with Crippen molar-refractivity contribution in [3.05, 3.63) is 70.2 Å². The van der Waals surface area contributed by atoms with E-state index in [1.165, 1.54) is 37.3 Å². The van der Waals surface area contributed by atoms with Crippen molar-refractivity contribution in [2.45, 2.75) is 49.6 Å². The number of alkyl halides is 3. The third kappa shape index (κ3) is 5.29. The Labute approximate surface area is 221 Å². The van der Waals surface area contributed by atoms with Crippen LogP contribution in [0.5, 0.6) is 11.6 Å². The Kier molecular flexibility index (Phi) is 7.12. The molecule has 13 heteroatoms. The molecular weight excluding hydrogens is 540 g/mol. The first kappa shape index (κ1) is 28.0. The van der Waals surface area contributed by atoms with Crippen LogP contribution in [0, 0.1) is 31.0 Å². The molecule has 4 rings (SSSR count). The predicted molar refractivity (Wildman–Crippen MR) is 132 cm³/mol. The Morgan fingerprint density at radius 2 is 1.82 bits per heavy atom. The number of halogens is 4. The number of nitriles is 1. The zero-order valence-electron chi connectivity index (χ0n) is 21.0. The van der Waals surface area contributed by atoms with Gasteiger partial charge < -0.3 is 10.1 Å². The van der Waals surface area contributed by atoms with Crippen molar-refractivity contribution in [2.24, 2.45) is 0 Å². The fourth-order valence-electron chi connectivity index (χ4n) is 4.33. The van der Waals surface area contributed by atoms with Gasteiger partial charge in [0.05, 0.1) is 16.4 Å². The maximum atomic E-state index is 15.3. The Morgan fingerprint density at radius 3 is 2.38 bits per heavy atom. The van der Waals surface area contributed by atoms with E-state index in [4.69, 9.17) is 4.74 Å². The quantitative estimate of drug-likeness (QED) is 0.386. The molecule has 0 unspecified atom stereocenters. The molecule has 0 atom stereocenters. The van der Waals surface area contributed by atoms with E-state index >= 15 is 4.39 Å². The zero-order valence-corrected chi connectivity index (χ0v) is 21.8. The lowest BCUT2D eigenvalue weighted by Crippen LogP contribution is -2.33. The standard InChI is InChI=1S/C26H22F4N4O4S/c1-14-19(9-8-18(21(14)27)25(13-31)10-5-11-25)38-24-20(15(2)22(33-34-24)26(28,29)30)23(35)32-16-6-4-7-17(12-16)39(3,36)37/h4,6-9,12H,5,10-11H2,1-3H3,(H,32,35). The summed E-state index contributed by atoms with van der Waals surface area (Å²) in [5.74, 6) is -2.54. The van der Waals surface area contributed by atoms with Crippen LogP contribution in [0.1, 0.15) is 52.0 Å². The Bertz CT molecular complexity index is 1630. The summed E-state index contributed by atoms with van der Waals surface area (Å²) in [7, 11) is -3.63. The van der Waals surface area contributed by atoms with E-state index < -0.39 is 55.9 Å². The van der Waals surface area contributed by atoms with Gasteiger partial charge in [-0.15, -0.1) is 10.2 Å². The van der Waals surface area contributed by atoms with E-state index in [1.54, 1.807) is 0 Å². The van der Waals surface area contributed by atoms with Gasteiger partial charge in [0.25, 0.3) is 11.8 Å². The van der Waals surface area contributed by atoms with Crippen LogP contribution in [0.4, 0.5) is 23.2 Å². The summed E-state index contributed by atoms with van der Waals surface area (Å²) in [5, 5.41) is 18.6. The van der Waals surface area contributed by atoms with E-state index in [2.05, 4.69) is 21.6 Å². The number of rotatable bonds is 6. The van der Waals surface area contributed by atoms with Gasteiger partial charge in [0, 0.05) is 23.1 Å². The maximum Gasteiger partial charge on any atom is 0.435 e. The molecule has 1 fully saturated rings. The molecule has 0 bridgehead atoms. The maximum absolute atomic E-state index is 15.3. The number of anilines is 1. The molecule has 0 saturated heterocycles.